The molecule has 0 heterocycles. The molecule has 1 aromatic rings. The molecule has 5 heteroatoms. The highest BCUT2D eigenvalue weighted by Gasteiger charge is 2.11. The van der Waals surface area contributed by atoms with Crippen LogP contribution in [0.25, 0.3) is 0 Å². The van der Waals surface area contributed by atoms with Crippen LogP contribution in [0, 0.1) is 0 Å². The van der Waals surface area contributed by atoms with Crippen LogP contribution in [-0.2, 0) is 11.2 Å². The number of aromatic hydroxyl groups is 1. The zero-order valence-corrected chi connectivity index (χ0v) is 15.1. The van der Waals surface area contributed by atoms with Gasteiger partial charge in [-0.1, -0.05) is 32.3 Å². The molecule has 24 heavy (non-hydrogen) atoms. The Balaban J connectivity index is 0.00000163. The number of Topliss-reactive ketones (excluding diaryl/α,β-unsaturated/α-hetero) is 1. The van der Waals surface area contributed by atoms with Gasteiger partial charge in [-0.2, -0.15) is 0 Å². The number of aliphatic hydroxyl groups is 2. The number of aryl methyl sites for hydroxylation is 1. The van der Waals surface area contributed by atoms with Gasteiger partial charge in [0.1, 0.15) is 5.78 Å². The van der Waals surface area contributed by atoms with Gasteiger partial charge in [0.2, 0.25) is 0 Å². The zero-order chi connectivity index (χ0) is 18.4. The normalized spacial score (nSPS) is 11.4. The zero-order valence-electron chi connectivity index (χ0n) is 15.1. The van der Waals surface area contributed by atoms with Gasteiger partial charge in [-0.15, -0.1) is 0 Å². The lowest BCUT2D eigenvalue weighted by atomic mass is 10.0. The number of rotatable bonds is 10. The van der Waals surface area contributed by atoms with E-state index < -0.39 is 6.10 Å². The molecule has 0 aliphatic rings. The molecule has 0 aromatic heterocycles. The van der Waals surface area contributed by atoms with Gasteiger partial charge in [0, 0.05) is 19.4 Å². The molecule has 0 saturated heterocycles. The van der Waals surface area contributed by atoms with E-state index >= 15 is 0 Å². The van der Waals surface area contributed by atoms with Crippen LogP contribution >= 0.6 is 0 Å². The summed E-state index contributed by atoms with van der Waals surface area (Å²) in [5.41, 5.74) is 0.891. The number of ether oxygens (including phenoxy) is 1. The van der Waals surface area contributed by atoms with E-state index in [9.17, 15) is 15.0 Å². The summed E-state index contributed by atoms with van der Waals surface area (Å²) >= 11 is 0. The van der Waals surface area contributed by atoms with Crippen molar-refractivity contribution in [2.75, 3.05) is 13.7 Å². The van der Waals surface area contributed by atoms with Crippen molar-refractivity contribution in [2.45, 2.75) is 64.9 Å². The number of hydrogen-bond donors (Lipinski definition) is 3. The third kappa shape index (κ3) is 10.2. The van der Waals surface area contributed by atoms with Crippen molar-refractivity contribution in [1.29, 1.82) is 0 Å². The van der Waals surface area contributed by atoms with E-state index in [1.54, 1.807) is 19.1 Å². The Morgan fingerprint density at radius 1 is 1.25 bits per heavy atom. The number of carbonyl (C=O) groups excluding carboxylic acids is 1. The fourth-order valence-corrected chi connectivity index (χ4v) is 2.27. The molecular weight excluding hydrogens is 308 g/mol. The SMILES string of the molecule is CCCCCC(O)CC(=O)CCc1ccc(OC)c(O)c1.CCO. The van der Waals surface area contributed by atoms with Crippen molar-refractivity contribution in [2.24, 2.45) is 0 Å². The number of phenolic OH excluding ortho intramolecular Hbond substituents is 1. The average molecular weight is 340 g/mol. The van der Waals surface area contributed by atoms with Crippen LogP contribution in [-0.4, -0.2) is 40.9 Å². The fraction of sp³-hybridized carbons (Fsp3) is 0.632. The Kier molecular flexibility index (Phi) is 12.9. The van der Waals surface area contributed by atoms with Crippen LogP contribution in [0.3, 0.4) is 0 Å². The third-order valence-electron chi connectivity index (χ3n) is 3.54. The second kappa shape index (κ2) is 13.8. The molecular formula is C19H32O5. The van der Waals surface area contributed by atoms with Gasteiger partial charge in [0.25, 0.3) is 0 Å². The summed E-state index contributed by atoms with van der Waals surface area (Å²) in [5.74, 6) is 0.577. The van der Waals surface area contributed by atoms with Crippen molar-refractivity contribution in [1.82, 2.24) is 0 Å². The van der Waals surface area contributed by atoms with Crippen molar-refractivity contribution < 1.29 is 24.9 Å². The molecule has 5 nitrogen and oxygen atoms in total. The molecule has 1 unspecified atom stereocenters. The molecule has 0 saturated carbocycles. The molecule has 0 spiro atoms. The van der Waals surface area contributed by atoms with E-state index in [0.29, 0.717) is 25.0 Å². The van der Waals surface area contributed by atoms with Crippen LogP contribution in [0.2, 0.25) is 0 Å². The molecule has 0 fully saturated rings. The molecule has 0 radical (unpaired) electrons. The first-order valence-corrected chi connectivity index (χ1v) is 8.64. The summed E-state index contributed by atoms with van der Waals surface area (Å²) < 4.78 is 4.97. The number of methoxy groups -OCH3 is 1. The predicted octanol–water partition coefficient (Wildman–Crippen LogP) is 3.23. The van der Waals surface area contributed by atoms with Gasteiger partial charge in [-0.05, 0) is 37.5 Å². The Hall–Kier alpha value is -1.59. The minimum Gasteiger partial charge on any atom is -0.504 e. The van der Waals surface area contributed by atoms with E-state index in [1.165, 1.54) is 7.11 Å². The monoisotopic (exact) mass is 340 g/mol. The maximum Gasteiger partial charge on any atom is 0.160 e. The molecule has 0 aliphatic carbocycles. The molecule has 0 amide bonds. The molecule has 138 valence electrons. The summed E-state index contributed by atoms with van der Waals surface area (Å²) in [5, 5.41) is 27.0. The first-order chi connectivity index (χ1) is 11.5. The standard InChI is InChI=1S/C17H26O4.C2H6O/c1-3-4-5-6-14(18)12-15(19)9-7-13-8-10-17(21-2)16(20)11-13;1-2-3/h8,10-11,14,18,20H,3-7,9,12H2,1-2H3;3H,2H2,1H3. The lowest BCUT2D eigenvalue weighted by Gasteiger charge is -2.10. The second-order valence-corrected chi connectivity index (χ2v) is 5.71. The van der Waals surface area contributed by atoms with Gasteiger partial charge in [-0.3, -0.25) is 4.79 Å². The third-order valence-corrected chi connectivity index (χ3v) is 3.54. The van der Waals surface area contributed by atoms with Gasteiger partial charge in [0.15, 0.2) is 11.5 Å². The Bertz CT molecular complexity index is 459. The van der Waals surface area contributed by atoms with E-state index in [-0.39, 0.29) is 24.6 Å². The first kappa shape index (κ1) is 22.4. The van der Waals surface area contributed by atoms with E-state index in [4.69, 9.17) is 9.84 Å². The largest absolute Gasteiger partial charge is 0.504 e. The lowest BCUT2D eigenvalue weighted by molar-refractivity contribution is -0.121. The van der Waals surface area contributed by atoms with Crippen LogP contribution in [0.1, 0.15) is 57.9 Å². The van der Waals surface area contributed by atoms with Gasteiger partial charge >= 0.3 is 0 Å². The molecule has 0 bridgehead atoms. The molecule has 3 N–H and O–H groups in total. The smallest absolute Gasteiger partial charge is 0.160 e. The Labute approximate surface area is 145 Å². The summed E-state index contributed by atoms with van der Waals surface area (Å²) in [7, 11) is 1.50. The van der Waals surface area contributed by atoms with Crippen LogP contribution in [0.4, 0.5) is 0 Å². The Morgan fingerprint density at radius 2 is 1.92 bits per heavy atom. The van der Waals surface area contributed by atoms with E-state index in [1.807, 2.05) is 6.07 Å². The molecule has 1 rings (SSSR count). The number of ketones is 1. The minimum absolute atomic E-state index is 0.0642. The lowest BCUT2D eigenvalue weighted by Crippen LogP contribution is -2.13. The fourth-order valence-electron chi connectivity index (χ4n) is 2.27. The highest BCUT2D eigenvalue weighted by Crippen LogP contribution is 2.26. The van der Waals surface area contributed by atoms with Gasteiger partial charge in [0.05, 0.1) is 13.2 Å². The maximum absolute atomic E-state index is 11.8. The summed E-state index contributed by atoms with van der Waals surface area (Å²) in [4.78, 5) is 11.8. The quantitative estimate of drug-likeness (QED) is 0.569. The van der Waals surface area contributed by atoms with Crippen molar-refractivity contribution in [3.8, 4) is 11.5 Å². The van der Waals surface area contributed by atoms with Crippen molar-refractivity contribution in [3.63, 3.8) is 0 Å². The number of carbonyl (C=O) groups is 1. The minimum atomic E-state index is -0.520. The van der Waals surface area contributed by atoms with E-state index in [0.717, 1.165) is 24.8 Å². The molecule has 1 atom stereocenters. The van der Waals surface area contributed by atoms with Crippen LogP contribution in [0.5, 0.6) is 11.5 Å². The van der Waals surface area contributed by atoms with Gasteiger partial charge < -0.3 is 20.1 Å². The van der Waals surface area contributed by atoms with Crippen LogP contribution in [0.15, 0.2) is 18.2 Å². The molecule has 0 aliphatic heterocycles. The van der Waals surface area contributed by atoms with E-state index in [2.05, 4.69) is 6.92 Å². The number of benzene rings is 1. The summed E-state index contributed by atoms with van der Waals surface area (Å²) in [6.45, 7) is 4.04. The van der Waals surface area contributed by atoms with Gasteiger partial charge in [-0.25, -0.2) is 0 Å². The number of phenols is 1. The van der Waals surface area contributed by atoms with Crippen molar-refractivity contribution >= 4 is 5.78 Å². The highest BCUT2D eigenvalue weighted by molar-refractivity contribution is 5.79. The van der Waals surface area contributed by atoms with Crippen LogP contribution < -0.4 is 4.74 Å². The maximum atomic E-state index is 11.8. The average Bonchev–Trinajstić information content (AvgIpc) is 2.54. The second-order valence-electron chi connectivity index (χ2n) is 5.71. The summed E-state index contributed by atoms with van der Waals surface area (Å²) in [6.07, 6.45) is 4.53. The molecule has 1 aromatic carbocycles. The number of hydrogen-bond acceptors (Lipinski definition) is 5. The Morgan fingerprint density at radius 3 is 2.46 bits per heavy atom. The topological polar surface area (TPSA) is 87.0 Å². The number of unbranched alkanes of at least 4 members (excludes halogenated alkanes) is 2. The summed E-state index contributed by atoms with van der Waals surface area (Å²) in [6, 6.07) is 5.14. The highest BCUT2D eigenvalue weighted by atomic mass is 16.5. The number of aliphatic hydroxyl groups excluding tert-OH is 2. The predicted molar refractivity (Wildman–Crippen MR) is 95.5 cm³/mol. The van der Waals surface area contributed by atoms with Crippen molar-refractivity contribution in [3.05, 3.63) is 23.8 Å². The first-order valence-electron chi connectivity index (χ1n) is 8.64.